The third-order valence-corrected chi connectivity index (χ3v) is 8.05. The molecule has 2 aliphatic carbocycles. The van der Waals surface area contributed by atoms with Crippen molar-refractivity contribution in [2.24, 2.45) is 28.6 Å². The fourth-order valence-electron chi connectivity index (χ4n) is 6.61. The normalized spacial score (nSPS) is 40.2. The molecular formula is C24H33NO6. The third kappa shape index (κ3) is 3.65. The van der Waals surface area contributed by atoms with E-state index in [1.165, 1.54) is 6.92 Å². The Morgan fingerprint density at radius 3 is 2.71 bits per heavy atom. The monoisotopic (exact) mass is 431 g/mol. The number of hydrogen-bond acceptors (Lipinski definition) is 7. The van der Waals surface area contributed by atoms with Gasteiger partial charge in [-0.1, -0.05) is 20.8 Å². The summed E-state index contributed by atoms with van der Waals surface area (Å²) in [5.74, 6) is -0.987. The maximum absolute atomic E-state index is 13.8. The van der Waals surface area contributed by atoms with Gasteiger partial charge in [-0.3, -0.25) is 14.4 Å². The summed E-state index contributed by atoms with van der Waals surface area (Å²) in [5, 5.41) is 3.40. The van der Waals surface area contributed by atoms with Crippen LogP contribution in [0.4, 0.5) is 0 Å². The molecule has 0 amide bonds. The summed E-state index contributed by atoms with van der Waals surface area (Å²) in [4.78, 5) is 38.9. The van der Waals surface area contributed by atoms with Gasteiger partial charge in [-0.2, -0.15) is 0 Å². The summed E-state index contributed by atoms with van der Waals surface area (Å²) in [6.07, 6.45) is 3.63. The highest BCUT2D eigenvalue weighted by atomic mass is 16.5. The van der Waals surface area contributed by atoms with Gasteiger partial charge in [-0.15, -0.1) is 0 Å². The van der Waals surface area contributed by atoms with Gasteiger partial charge in [0, 0.05) is 30.7 Å². The van der Waals surface area contributed by atoms with Crippen molar-refractivity contribution in [1.82, 2.24) is 5.32 Å². The molecule has 0 aromatic carbocycles. The second-order valence-corrected chi connectivity index (χ2v) is 9.96. The Labute approximate surface area is 183 Å². The first kappa shape index (κ1) is 22.2. The molecule has 3 fully saturated rings. The number of Topliss-reactive ketones (excluding diaryl/α,β-unsaturated/α-hetero) is 2. The molecular weight excluding hydrogens is 398 g/mol. The molecule has 1 aromatic heterocycles. The number of fused-ring (bicyclic) bond motifs is 3. The first-order valence-electron chi connectivity index (χ1n) is 11.3. The van der Waals surface area contributed by atoms with Crippen molar-refractivity contribution in [2.75, 3.05) is 19.7 Å². The lowest BCUT2D eigenvalue weighted by Gasteiger charge is -2.61. The van der Waals surface area contributed by atoms with Crippen LogP contribution >= 0.6 is 0 Å². The molecule has 1 aromatic rings. The van der Waals surface area contributed by atoms with Gasteiger partial charge in [-0.05, 0) is 48.7 Å². The summed E-state index contributed by atoms with van der Waals surface area (Å²) in [6, 6.07) is 1.87. The van der Waals surface area contributed by atoms with Crippen LogP contribution in [-0.4, -0.2) is 43.3 Å². The largest absolute Gasteiger partial charge is 0.472 e. The second kappa shape index (κ2) is 8.17. The van der Waals surface area contributed by atoms with Gasteiger partial charge < -0.3 is 19.2 Å². The summed E-state index contributed by atoms with van der Waals surface area (Å²) < 4.78 is 16.8. The Bertz CT molecular complexity index is 850. The van der Waals surface area contributed by atoms with Crippen LogP contribution in [0.5, 0.6) is 0 Å². The first-order chi connectivity index (χ1) is 14.7. The van der Waals surface area contributed by atoms with Gasteiger partial charge >= 0.3 is 5.97 Å². The average Bonchev–Trinajstić information content (AvgIpc) is 3.22. The lowest BCUT2D eigenvalue weighted by atomic mass is 9.43. The predicted molar refractivity (Wildman–Crippen MR) is 112 cm³/mol. The maximum Gasteiger partial charge on any atom is 0.303 e. The number of nitrogens with one attached hydrogen (secondary N) is 1. The van der Waals surface area contributed by atoms with Crippen LogP contribution in [0.1, 0.15) is 58.6 Å². The molecule has 1 unspecified atom stereocenters. The van der Waals surface area contributed by atoms with Gasteiger partial charge in [0.05, 0.1) is 25.2 Å². The Balaban J connectivity index is 1.75. The van der Waals surface area contributed by atoms with E-state index in [1.54, 1.807) is 12.5 Å². The van der Waals surface area contributed by atoms with Crippen molar-refractivity contribution >= 4 is 17.5 Å². The zero-order valence-electron chi connectivity index (χ0n) is 18.8. The van der Waals surface area contributed by atoms with E-state index in [1.807, 2.05) is 13.0 Å². The van der Waals surface area contributed by atoms with Crippen LogP contribution in [-0.2, 0) is 23.9 Å². The van der Waals surface area contributed by atoms with E-state index in [2.05, 4.69) is 19.2 Å². The smallest absolute Gasteiger partial charge is 0.303 e. The fraction of sp³-hybridized carbons (Fsp3) is 0.708. The molecule has 2 heterocycles. The topological polar surface area (TPSA) is 94.8 Å². The average molecular weight is 432 g/mol. The number of rotatable bonds is 5. The number of carbonyl (C=O) groups excluding carboxylic acids is 3. The van der Waals surface area contributed by atoms with Crippen LogP contribution in [0.3, 0.4) is 0 Å². The number of esters is 1. The minimum atomic E-state index is -0.764. The molecule has 1 saturated heterocycles. The Morgan fingerprint density at radius 2 is 2.06 bits per heavy atom. The molecule has 1 N–H and O–H groups in total. The Hall–Kier alpha value is -1.99. The van der Waals surface area contributed by atoms with E-state index in [4.69, 9.17) is 13.9 Å². The first-order valence-corrected chi connectivity index (χ1v) is 11.3. The number of hydrogen-bond donors (Lipinski definition) is 1. The van der Waals surface area contributed by atoms with Crippen LogP contribution in [0, 0.1) is 28.6 Å². The number of ether oxygens (including phenoxy) is 2. The van der Waals surface area contributed by atoms with Crippen LogP contribution in [0.15, 0.2) is 23.0 Å². The maximum atomic E-state index is 13.8. The molecule has 7 atom stereocenters. The van der Waals surface area contributed by atoms with Crippen LogP contribution in [0.25, 0.3) is 0 Å². The van der Waals surface area contributed by atoms with Crippen molar-refractivity contribution < 1.29 is 28.3 Å². The van der Waals surface area contributed by atoms with Crippen molar-refractivity contribution in [3.63, 3.8) is 0 Å². The highest BCUT2D eigenvalue weighted by Crippen LogP contribution is 2.63. The second-order valence-electron chi connectivity index (χ2n) is 9.96. The molecule has 1 aliphatic heterocycles. The molecule has 0 bridgehead atoms. The van der Waals surface area contributed by atoms with Gasteiger partial charge in [0.15, 0.2) is 11.9 Å². The zero-order valence-corrected chi connectivity index (χ0v) is 18.8. The zero-order chi connectivity index (χ0) is 22.4. The van der Waals surface area contributed by atoms with Crippen molar-refractivity contribution in [1.29, 1.82) is 0 Å². The van der Waals surface area contributed by atoms with E-state index in [9.17, 15) is 14.4 Å². The molecule has 4 rings (SSSR count). The SMILES string of the molecule is CCNC[C@@H]1C[C@H](OC(C)=O)C(=O)[C@@H]2C3(C)C[C@@H](c4ccoc4)OC[C@H]3C(=O)C[C@@]12C. The van der Waals surface area contributed by atoms with E-state index in [-0.39, 0.29) is 35.4 Å². The molecule has 7 nitrogen and oxygen atoms in total. The summed E-state index contributed by atoms with van der Waals surface area (Å²) >= 11 is 0. The van der Waals surface area contributed by atoms with Crippen molar-refractivity contribution in [3.8, 4) is 0 Å². The van der Waals surface area contributed by atoms with E-state index < -0.39 is 22.9 Å². The third-order valence-electron chi connectivity index (χ3n) is 8.05. The van der Waals surface area contributed by atoms with Gasteiger partial charge in [-0.25, -0.2) is 0 Å². The Morgan fingerprint density at radius 1 is 1.29 bits per heavy atom. The van der Waals surface area contributed by atoms with Gasteiger partial charge in [0.2, 0.25) is 0 Å². The minimum Gasteiger partial charge on any atom is -0.472 e. The van der Waals surface area contributed by atoms with E-state index >= 15 is 0 Å². The van der Waals surface area contributed by atoms with E-state index in [0.29, 0.717) is 32.4 Å². The summed E-state index contributed by atoms with van der Waals surface area (Å²) in [6.45, 7) is 9.31. The number of carbonyl (C=O) groups is 3. The Kier molecular flexibility index (Phi) is 5.85. The molecule has 2 saturated carbocycles. The molecule has 170 valence electrons. The van der Waals surface area contributed by atoms with Crippen LogP contribution < -0.4 is 5.32 Å². The highest BCUT2D eigenvalue weighted by molar-refractivity contribution is 5.94. The van der Waals surface area contributed by atoms with Gasteiger partial charge in [0.1, 0.15) is 5.78 Å². The lowest BCUT2D eigenvalue weighted by molar-refractivity contribution is -0.202. The molecule has 0 spiro atoms. The number of ketones is 2. The molecule has 31 heavy (non-hydrogen) atoms. The molecule has 7 heteroatoms. The standard InChI is InChI=1S/C24H33NO6/c1-5-25-11-16-8-19(31-14(2)26)21(28)22-23(16,3)9-18(27)17-13-30-20(10-24(17,22)4)15-6-7-29-12-15/h6-7,12,16-17,19-20,22,25H,5,8-11,13H2,1-4H3/t16-,17-,19-,20-,22-,23-,24?/m0/s1. The highest BCUT2D eigenvalue weighted by Gasteiger charge is 2.66. The predicted octanol–water partition coefficient (Wildman–Crippen LogP) is 3.09. The fourth-order valence-corrected chi connectivity index (χ4v) is 6.61. The van der Waals surface area contributed by atoms with Gasteiger partial charge in [0.25, 0.3) is 0 Å². The molecule has 0 radical (unpaired) electrons. The summed E-state index contributed by atoms with van der Waals surface area (Å²) in [5.41, 5.74) is -0.148. The lowest BCUT2D eigenvalue weighted by Crippen LogP contribution is -2.66. The minimum absolute atomic E-state index is 0.0432. The van der Waals surface area contributed by atoms with Crippen molar-refractivity contribution in [2.45, 2.75) is 59.2 Å². The summed E-state index contributed by atoms with van der Waals surface area (Å²) in [7, 11) is 0. The van der Waals surface area contributed by atoms with Crippen molar-refractivity contribution in [3.05, 3.63) is 24.2 Å². The number of furan rings is 1. The quantitative estimate of drug-likeness (QED) is 0.716. The van der Waals surface area contributed by atoms with E-state index in [0.717, 1.165) is 12.1 Å². The molecule has 3 aliphatic rings. The van der Waals surface area contributed by atoms with Crippen LogP contribution in [0.2, 0.25) is 0 Å².